The van der Waals surface area contributed by atoms with Crippen molar-refractivity contribution in [2.75, 3.05) is 19.0 Å². The predicted molar refractivity (Wildman–Crippen MR) is 122 cm³/mol. The number of aromatic nitrogens is 2. The number of benzene rings is 2. The Bertz CT molecular complexity index is 1260. The number of nitrogens with zero attached hydrogens (tertiary/aromatic N) is 4. The van der Waals surface area contributed by atoms with Crippen LogP contribution in [0.2, 0.25) is 4.94 Å². The molecule has 1 aliphatic heterocycles. The fourth-order valence-electron chi connectivity index (χ4n) is 3.67. The van der Waals surface area contributed by atoms with Crippen LogP contribution in [0.15, 0.2) is 36.4 Å². The van der Waals surface area contributed by atoms with E-state index in [1.807, 2.05) is 17.9 Å². The summed E-state index contributed by atoms with van der Waals surface area (Å²) in [6, 6.07) is 8.11. The third-order valence-electron chi connectivity index (χ3n) is 5.35. The van der Waals surface area contributed by atoms with Gasteiger partial charge in [0.2, 0.25) is 0 Å². The number of hydrogen-bond acceptors (Lipinski definition) is 4. The molecule has 2 radical (unpaired) electrons. The van der Waals surface area contributed by atoms with Crippen LogP contribution in [0.5, 0.6) is 0 Å². The number of carbonyl (C=O) groups excluding carboxylic acids is 2. The molecule has 0 fully saturated rings. The molecule has 3 aromatic rings. The maximum absolute atomic E-state index is 14.7. The fourth-order valence-corrected chi connectivity index (χ4v) is 4.93. The van der Waals surface area contributed by atoms with E-state index in [1.54, 1.807) is 26.2 Å². The second-order valence-corrected chi connectivity index (χ2v) is 10.4. The quantitative estimate of drug-likeness (QED) is 0.502. The molecular formula is C23H21F2N5O2Sn. The van der Waals surface area contributed by atoms with Gasteiger partial charge in [-0.3, -0.25) is 0 Å². The summed E-state index contributed by atoms with van der Waals surface area (Å²) in [7, 11) is 3.35. The average Bonchev–Trinajstić information content (AvgIpc) is 2.79. The number of anilines is 2. The summed E-state index contributed by atoms with van der Waals surface area (Å²) in [5.41, 5.74) is 2.67. The van der Waals surface area contributed by atoms with Gasteiger partial charge >= 0.3 is 200 Å². The molecule has 7 nitrogen and oxygen atoms in total. The van der Waals surface area contributed by atoms with Crippen LogP contribution in [0.25, 0.3) is 11.3 Å². The normalized spacial score (nSPS) is 12.9. The molecule has 0 saturated carbocycles. The maximum atomic E-state index is 14.7. The Morgan fingerprint density at radius 3 is 2.48 bits per heavy atom. The minimum atomic E-state index is -1.20. The SMILES string of the molecule is [CH3][Sn][c]1nc(-c2cc(C(=O)N(C)C)ccc2C)c2c(n1)N(c1c(F)cccc1F)C(=O)NC2. The van der Waals surface area contributed by atoms with Gasteiger partial charge in [-0.05, 0) is 0 Å². The Labute approximate surface area is 200 Å². The van der Waals surface area contributed by atoms with Crippen LogP contribution in [0.3, 0.4) is 0 Å². The van der Waals surface area contributed by atoms with Gasteiger partial charge in [0.15, 0.2) is 0 Å². The van der Waals surface area contributed by atoms with Crippen LogP contribution < -0.4 is 14.1 Å². The number of hydrogen-bond donors (Lipinski definition) is 1. The van der Waals surface area contributed by atoms with E-state index in [-0.39, 0.29) is 18.3 Å². The van der Waals surface area contributed by atoms with Gasteiger partial charge in [0.05, 0.1) is 0 Å². The van der Waals surface area contributed by atoms with Crippen molar-refractivity contribution in [3.63, 3.8) is 0 Å². The van der Waals surface area contributed by atoms with Crippen LogP contribution >= 0.6 is 0 Å². The topological polar surface area (TPSA) is 78.4 Å². The molecule has 2 heterocycles. The molecule has 1 aromatic heterocycles. The number of rotatable bonds is 4. The van der Waals surface area contributed by atoms with Gasteiger partial charge in [-0.25, -0.2) is 0 Å². The van der Waals surface area contributed by atoms with E-state index in [2.05, 4.69) is 10.3 Å². The number of nitrogens with one attached hydrogen (secondary N) is 1. The molecule has 4 rings (SSSR count). The van der Waals surface area contributed by atoms with Crippen LogP contribution in [-0.4, -0.2) is 62.0 Å². The van der Waals surface area contributed by atoms with Crippen molar-refractivity contribution in [3.05, 3.63) is 64.7 Å². The van der Waals surface area contributed by atoms with Crippen LogP contribution in [0, 0.1) is 18.6 Å². The number of amides is 3. The Hall–Kier alpha value is -3.08. The third-order valence-corrected chi connectivity index (χ3v) is 7.26. The Kier molecular flexibility index (Phi) is 6.33. The van der Waals surface area contributed by atoms with Crippen LogP contribution in [-0.2, 0) is 6.54 Å². The molecule has 0 saturated heterocycles. The van der Waals surface area contributed by atoms with Gasteiger partial charge < -0.3 is 0 Å². The molecule has 3 amide bonds. The van der Waals surface area contributed by atoms with E-state index < -0.39 is 44.5 Å². The fraction of sp³-hybridized carbons (Fsp3) is 0.217. The molecule has 1 N–H and O–H groups in total. The van der Waals surface area contributed by atoms with Crippen molar-refractivity contribution in [3.8, 4) is 11.3 Å². The molecular weight excluding hydrogens is 535 g/mol. The first-order valence-electron chi connectivity index (χ1n) is 10.2. The van der Waals surface area contributed by atoms with Crippen LogP contribution in [0.1, 0.15) is 21.5 Å². The molecule has 168 valence electrons. The summed E-state index contributed by atoms with van der Waals surface area (Å²) >= 11 is -1.20. The van der Waals surface area contributed by atoms with E-state index in [0.717, 1.165) is 22.6 Å². The first-order chi connectivity index (χ1) is 15.7. The molecule has 33 heavy (non-hydrogen) atoms. The number of para-hydroxylation sites is 1. The number of halogens is 2. The van der Waals surface area contributed by atoms with Gasteiger partial charge in [-0.15, -0.1) is 0 Å². The Morgan fingerprint density at radius 1 is 1.15 bits per heavy atom. The standard InChI is InChI=1S/C22H18F2N5O2.CH3.Sn/c1-12-7-8-13(21(30)28(2)3)9-14(12)18-15-10-25-22(31)29(20(15)27-11-26-18)19-16(23)5-4-6-17(19)24;;/h4-9H,10H2,1-3H3,(H,25,31);1H3;. The number of urea groups is 1. The zero-order valence-corrected chi connectivity index (χ0v) is 21.4. The summed E-state index contributed by atoms with van der Waals surface area (Å²) in [5, 5.41) is 2.68. The summed E-state index contributed by atoms with van der Waals surface area (Å²) in [6.45, 7) is 1.99. The second kappa shape index (κ2) is 9.05. The van der Waals surface area contributed by atoms with E-state index >= 15 is 0 Å². The minimum absolute atomic E-state index is 0.0937. The molecule has 2 aromatic carbocycles. The summed E-state index contributed by atoms with van der Waals surface area (Å²) in [5.74, 6) is -1.74. The van der Waals surface area contributed by atoms with Gasteiger partial charge in [-0.2, -0.15) is 0 Å². The van der Waals surface area contributed by atoms with Crippen LogP contribution in [0.4, 0.5) is 25.1 Å². The van der Waals surface area contributed by atoms with Crippen molar-refractivity contribution in [2.45, 2.75) is 18.4 Å². The molecule has 0 atom stereocenters. The van der Waals surface area contributed by atoms with Crippen molar-refractivity contribution < 1.29 is 18.4 Å². The molecule has 10 heteroatoms. The number of carbonyl (C=O) groups is 2. The first kappa shape index (κ1) is 23.1. The van der Waals surface area contributed by atoms with E-state index in [0.29, 0.717) is 26.2 Å². The molecule has 0 spiro atoms. The molecule has 0 aliphatic carbocycles. The Balaban J connectivity index is 1.98. The van der Waals surface area contributed by atoms with Gasteiger partial charge in [0.25, 0.3) is 0 Å². The van der Waals surface area contributed by atoms with E-state index in [9.17, 15) is 18.4 Å². The van der Waals surface area contributed by atoms with E-state index in [1.165, 1.54) is 11.0 Å². The zero-order valence-electron chi connectivity index (χ0n) is 18.5. The second-order valence-electron chi connectivity index (χ2n) is 7.74. The van der Waals surface area contributed by atoms with Crippen molar-refractivity contribution in [2.24, 2.45) is 0 Å². The van der Waals surface area contributed by atoms with Crippen molar-refractivity contribution in [1.82, 2.24) is 20.2 Å². The van der Waals surface area contributed by atoms with Gasteiger partial charge in [-0.1, -0.05) is 0 Å². The first-order valence-corrected chi connectivity index (χ1v) is 14.4. The molecule has 1 aliphatic rings. The monoisotopic (exact) mass is 557 g/mol. The number of aryl methyl sites for hydroxylation is 1. The van der Waals surface area contributed by atoms with E-state index in [4.69, 9.17) is 4.98 Å². The average molecular weight is 556 g/mol. The van der Waals surface area contributed by atoms with Crippen molar-refractivity contribution in [1.29, 1.82) is 0 Å². The van der Waals surface area contributed by atoms with Crippen molar-refractivity contribution >= 4 is 48.4 Å². The third kappa shape index (κ3) is 4.17. The summed E-state index contributed by atoms with van der Waals surface area (Å²) in [4.78, 5) is 39.1. The van der Waals surface area contributed by atoms with Gasteiger partial charge in [0, 0.05) is 0 Å². The Morgan fingerprint density at radius 2 is 1.85 bits per heavy atom. The summed E-state index contributed by atoms with van der Waals surface area (Å²) in [6.07, 6.45) is 0. The number of fused-ring (bicyclic) bond motifs is 1. The zero-order chi connectivity index (χ0) is 23.9. The molecule has 0 unspecified atom stereocenters. The summed E-state index contributed by atoms with van der Waals surface area (Å²) < 4.78 is 29.9. The molecule has 0 bridgehead atoms. The van der Waals surface area contributed by atoms with Gasteiger partial charge in [0.1, 0.15) is 0 Å². The predicted octanol–water partition coefficient (Wildman–Crippen LogP) is 3.17.